The second kappa shape index (κ2) is 7.53. The van der Waals surface area contributed by atoms with Gasteiger partial charge in [0, 0.05) is 18.4 Å². The van der Waals surface area contributed by atoms with Crippen molar-refractivity contribution in [2.45, 2.75) is 71.8 Å². The minimum atomic E-state index is -0.128. The van der Waals surface area contributed by atoms with Gasteiger partial charge < -0.3 is 10.6 Å². The van der Waals surface area contributed by atoms with E-state index in [1.165, 1.54) is 30.4 Å². The van der Waals surface area contributed by atoms with E-state index in [9.17, 15) is 9.59 Å². The van der Waals surface area contributed by atoms with E-state index in [1.54, 1.807) is 0 Å². The molecule has 4 heteroatoms. The molecule has 4 saturated carbocycles. The average molecular weight is 383 g/mol. The fourth-order valence-electron chi connectivity index (χ4n) is 6.48. The maximum absolute atomic E-state index is 13.0. The summed E-state index contributed by atoms with van der Waals surface area (Å²) in [6, 6.07) is 6.30. The van der Waals surface area contributed by atoms with Crippen LogP contribution in [0.3, 0.4) is 0 Å². The van der Waals surface area contributed by atoms with E-state index in [4.69, 9.17) is 0 Å². The van der Waals surface area contributed by atoms with Crippen molar-refractivity contribution in [3.8, 4) is 0 Å². The molecule has 28 heavy (non-hydrogen) atoms. The van der Waals surface area contributed by atoms with Crippen molar-refractivity contribution in [2.75, 3.05) is 6.54 Å². The van der Waals surface area contributed by atoms with Gasteiger partial charge in [0.1, 0.15) is 0 Å². The van der Waals surface area contributed by atoms with Crippen molar-refractivity contribution in [3.05, 3.63) is 34.9 Å². The Morgan fingerprint density at radius 1 is 1.07 bits per heavy atom. The highest BCUT2D eigenvalue weighted by Gasteiger charge is 2.54. The summed E-state index contributed by atoms with van der Waals surface area (Å²) in [4.78, 5) is 25.4. The first-order valence-corrected chi connectivity index (χ1v) is 11.0. The van der Waals surface area contributed by atoms with Crippen LogP contribution in [0.2, 0.25) is 0 Å². The van der Waals surface area contributed by atoms with Crippen LogP contribution < -0.4 is 10.6 Å². The Morgan fingerprint density at radius 3 is 2.29 bits per heavy atom. The highest BCUT2D eigenvalue weighted by Crippen LogP contribution is 2.60. The molecule has 0 spiro atoms. The van der Waals surface area contributed by atoms with Gasteiger partial charge in [0.15, 0.2) is 0 Å². The molecule has 1 unspecified atom stereocenters. The summed E-state index contributed by atoms with van der Waals surface area (Å²) in [6.45, 7) is 6.60. The Morgan fingerprint density at radius 2 is 1.68 bits per heavy atom. The van der Waals surface area contributed by atoms with Gasteiger partial charge in [0.25, 0.3) is 0 Å². The van der Waals surface area contributed by atoms with Gasteiger partial charge in [-0.1, -0.05) is 23.8 Å². The normalized spacial score (nSPS) is 31.5. The van der Waals surface area contributed by atoms with Crippen molar-refractivity contribution >= 4 is 11.8 Å². The van der Waals surface area contributed by atoms with Crippen molar-refractivity contribution in [3.63, 3.8) is 0 Å². The Balaban J connectivity index is 1.26. The predicted molar refractivity (Wildman–Crippen MR) is 111 cm³/mol. The number of rotatable bonds is 6. The highest BCUT2D eigenvalue weighted by molar-refractivity contribution is 5.84. The van der Waals surface area contributed by atoms with Gasteiger partial charge in [0.05, 0.1) is 6.04 Å². The quantitative estimate of drug-likeness (QED) is 0.774. The van der Waals surface area contributed by atoms with Crippen LogP contribution in [0.1, 0.15) is 74.6 Å². The van der Waals surface area contributed by atoms with Crippen molar-refractivity contribution in [1.82, 2.24) is 10.6 Å². The van der Waals surface area contributed by atoms with Crippen LogP contribution in [0.25, 0.3) is 0 Å². The first-order chi connectivity index (χ1) is 13.3. The first-order valence-electron chi connectivity index (χ1n) is 11.0. The molecule has 152 valence electrons. The minimum absolute atomic E-state index is 0.000724. The Hall–Kier alpha value is -1.84. The molecule has 4 aliphatic carbocycles. The summed E-state index contributed by atoms with van der Waals surface area (Å²) in [5.74, 6) is 2.50. The lowest BCUT2D eigenvalue weighted by Gasteiger charge is -2.55. The molecule has 0 radical (unpaired) electrons. The third-order valence-electron chi connectivity index (χ3n) is 7.44. The number of hydrogen-bond donors (Lipinski definition) is 2. The molecule has 4 bridgehead atoms. The SMILES string of the molecule is Cc1ccc(C)c(C(C)NC(=O)CCNC(=O)C23CC4CC(CC(C4)C2)C3)c1. The largest absolute Gasteiger partial charge is 0.355 e. The standard InChI is InChI=1S/C24H34N2O2/c1-15-4-5-16(2)21(8-15)17(3)26-22(27)6-7-25-23(28)24-12-18-9-19(13-24)11-20(10-18)14-24/h4-5,8,17-20H,6-7,9-14H2,1-3H3,(H,25,28)(H,26,27). The van der Waals surface area contributed by atoms with E-state index in [0.717, 1.165) is 42.6 Å². The topological polar surface area (TPSA) is 58.2 Å². The fraction of sp³-hybridized carbons (Fsp3) is 0.667. The second-order valence-corrected chi connectivity index (χ2v) is 9.85. The summed E-state index contributed by atoms with van der Waals surface area (Å²) in [5.41, 5.74) is 3.42. The van der Waals surface area contributed by atoms with Gasteiger partial charge in [-0.15, -0.1) is 0 Å². The molecule has 1 atom stereocenters. The van der Waals surface area contributed by atoms with Crippen LogP contribution in [0.15, 0.2) is 18.2 Å². The van der Waals surface area contributed by atoms with E-state index < -0.39 is 0 Å². The minimum Gasteiger partial charge on any atom is -0.355 e. The van der Waals surface area contributed by atoms with Gasteiger partial charge in [-0.2, -0.15) is 0 Å². The maximum Gasteiger partial charge on any atom is 0.226 e. The molecular weight excluding hydrogens is 348 g/mol. The summed E-state index contributed by atoms with van der Waals surface area (Å²) in [7, 11) is 0. The van der Waals surface area contributed by atoms with Crippen molar-refractivity contribution < 1.29 is 9.59 Å². The zero-order valence-corrected chi connectivity index (χ0v) is 17.5. The molecular formula is C24H34N2O2. The number of nitrogens with one attached hydrogen (secondary N) is 2. The van der Waals surface area contributed by atoms with Crippen molar-refractivity contribution in [1.29, 1.82) is 0 Å². The van der Waals surface area contributed by atoms with E-state index in [0.29, 0.717) is 13.0 Å². The second-order valence-electron chi connectivity index (χ2n) is 9.85. The molecule has 4 aliphatic rings. The molecule has 0 heterocycles. The molecule has 4 nitrogen and oxygen atoms in total. The Labute approximate surface area is 168 Å². The molecule has 0 saturated heterocycles. The van der Waals surface area contributed by atoms with E-state index >= 15 is 0 Å². The van der Waals surface area contributed by atoms with Gasteiger partial charge in [-0.05, 0) is 88.2 Å². The molecule has 2 amide bonds. The predicted octanol–water partition coefficient (Wildman–Crippen LogP) is 4.20. The Bertz CT molecular complexity index is 735. The number of benzene rings is 1. The molecule has 0 aliphatic heterocycles. The molecule has 2 N–H and O–H groups in total. The van der Waals surface area contributed by atoms with Gasteiger partial charge >= 0.3 is 0 Å². The summed E-state index contributed by atoms with van der Waals surface area (Å²) >= 11 is 0. The molecule has 5 rings (SSSR count). The lowest BCUT2D eigenvalue weighted by Crippen LogP contribution is -2.53. The molecule has 1 aromatic rings. The first kappa shape index (κ1) is 19.5. The molecule has 4 fully saturated rings. The van der Waals surface area contributed by atoms with Crippen LogP contribution in [0.5, 0.6) is 0 Å². The van der Waals surface area contributed by atoms with Crippen LogP contribution in [-0.2, 0) is 9.59 Å². The van der Waals surface area contributed by atoms with Crippen LogP contribution in [-0.4, -0.2) is 18.4 Å². The fourth-order valence-corrected chi connectivity index (χ4v) is 6.48. The van der Waals surface area contributed by atoms with Gasteiger partial charge in [-0.25, -0.2) is 0 Å². The monoisotopic (exact) mass is 382 g/mol. The third-order valence-corrected chi connectivity index (χ3v) is 7.44. The summed E-state index contributed by atoms with van der Waals surface area (Å²) < 4.78 is 0. The van der Waals surface area contributed by atoms with Crippen LogP contribution in [0.4, 0.5) is 0 Å². The zero-order valence-electron chi connectivity index (χ0n) is 17.5. The van der Waals surface area contributed by atoms with E-state index in [-0.39, 0.29) is 23.3 Å². The third kappa shape index (κ3) is 3.83. The number of amides is 2. The number of carbonyl (C=O) groups excluding carboxylic acids is 2. The van der Waals surface area contributed by atoms with E-state index in [2.05, 4.69) is 42.7 Å². The maximum atomic E-state index is 13.0. The number of carbonyl (C=O) groups is 2. The van der Waals surface area contributed by atoms with Gasteiger partial charge in [0.2, 0.25) is 11.8 Å². The molecule has 1 aromatic carbocycles. The van der Waals surface area contributed by atoms with Crippen molar-refractivity contribution in [2.24, 2.45) is 23.2 Å². The smallest absolute Gasteiger partial charge is 0.226 e. The Kier molecular flexibility index (Phi) is 5.24. The number of hydrogen-bond acceptors (Lipinski definition) is 2. The lowest BCUT2D eigenvalue weighted by atomic mass is 9.49. The highest BCUT2D eigenvalue weighted by atomic mass is 16.2. The van der Waals surface area contributed by atoms with Crippen LogP contribution in [0, 0.1) is 37.0 Å². The number of aryl methyl sites for hydroxylation is 2. The summed E-state index contributed by atoms with van der Waals surface area (Å²) in [5, 5.41) is 6.19. The zero-order chi connectivity index (χ0) is 19.9. The van der Waals surface area contributed by atoms with E-state index in [1.807, 2.05) is 6.92 Å². The van der Waals surface area contributed by atoms with Gasteiger partial charge in [-0.3, -0.25) is 9.59 Å². The lowest BCUT2D eigenvalue weighted by molar-refractivity contribution is -0.146. The summed E-state index contributed by atoms with van der Waals surface area (Å²) in [6.07, 6.45) is 7.57. The van der Waals surface area contributed by atoms with Crippen LogP contribution >= 0.6 is 0 Å². The average Bonchev–Trinajstić information content (AvgIpc) is 2.62. The molecule has 0 aromatic heterocycles.